The molecule has 2 heterocycles. The molecule has 0 fully saturated rings. The predicted molar refractivity (Wildman–Crippen MR) is 61.6 cm³/mol. The topological polar surface area (TPSA) is 43.6 Å². The fraction of sp³-hybridized carbons (Fsp3) is 0. The molecule has 0 saturated heterocycles. The molecule has 0 saturated carbocycles. The summed E-state index contributed by atoms with van der Waals surface area (Å²) in [5.74, 6) is -0.285. The van der Waals surface area contributed by atoms with Crippen molar-refractivity contribution >= 4 is 22.5 Å². The van der Waals surface area contributed by atoms with Crippen LogP contribution in [0.4, 0.5) is 4.39 Å². The summed E-state index contributed by atoms with van der Waals surface area (Å²) in [6.45, 7) is 0. The Labute approximate surface area is 101 Å². The maximum atomic E-state index is 12.8. The van der Waals surface area contributed by atoms with E-state index in [1.807, 2.05) is 0 Å². The van der Waals surface area contributed by atoms with Gasteiger partial charge in [0, 0.05) is 11.6 Å². The Kier molecular flexibility index (Phi) is 2.26. The number of hydrogen-bond acceptors (Lipinski definition) is 3. The van der Waals surface area contributed by atoms with Crippen LogP contribution in [0.1, 0.15) is 0 Å². The summed E-state index contributed by atoms with van der Waals surface area (Å²) in [6.07, 6.45) is 3.34. The van der Waals surface area contributed by atoms with Crippen LogP contribution >= 0.6 is 11.6 Å². The minimum absolute atomic E-state index is 0.253. The highest BCUT2D eigenvalue weighted by atomic mass is 35.5. The quantitative estimate of drug-likeness (QED) is 0.665. The number of hydrogen-bond donors (Lipinski definition) is 0. The molecule has 0 aliphatic carbocycles. The molecule has 6 heteroatoms. The third kappa shape index (κ3) is 1.74. The fourth-order valence-corrected chi connectivity index (χ4v) is 1.75. The van der Waals surface area contributed by atoms with Crippen LogP contribution in [0.25, 0.3) is 16.6 Å². The van der Waals surface area contributed by atoms with Crippen molar-refractivity contribution in [2.75, 3.05) is 0 Å². The van der Waals surface area contributed by atoms with Gasteiger partial charge in [0.1, 0.15) is 11.3 Å². The molecule has 2 aromatic heterocycles. The van der Waals surface area contributed by atoms with Crippen LogP contribution in [-0.4, -0.2) is 20.0 Å². The van der Waals surface area contributed by atoms with Crippen molar-refractivity contribution in [3.05, 3.63) is 47.6 Å². The van der Waals surface area contributed by atoms with Gasteiger partial charge in [-0.2, -0.15) is 10.2 Å². The first kappa shape index (κ1) is 10.2. The van der Waals surface area contributed by atoms with E-state index in [0.29, 0.717) is 5.52 Å². The Morgan fingerprint density at radius 2 is 1.94 bits per heavy atom. The standard InChI is InChI=1S/C11H6ClFN4/c12-11-10-7(5-14-15-11)6-17(16-10)9-3-1-8(13)2-4-9/h1-6H. The molecular formula is C11H6ClFN4. The Morgan fingerprint density at radius 3 is 2.65 bits per heavy atom. The van der Waals surface area contributed by atoms with Crippen molar-refractivity contribution in [1.29, 1.82) is 0 Å². The van der Waals surface area contributed by atoms with Crippen molar-refractivity contribution in [1.82, 2.24) is 20.0 Å². The lowest BCUT2D eigenvalue weighted by molar-refractivity contribution is 0.627. The smallest absolute Gasteiger partial charge is 0.179 e. The van der Waals surface area contributed by atoms with E-state index in [1.165, 1.54) is 12.1 Å². The average Bonchev–Trinajstić information content (AvgIpc) is 2.75. The minimum atomic E-state index is -0.285. The fourth-order valence-electron chi connectivity index (χ4n) is 1.56. The van der Waals surface area contributed by atoms with Crippen molar-refractivity contribution in [2.24, 2.45) is 0 Å². The summed E-state index contributed by atoms with van der Waals surface area (Å²) in [4.78, 5) is 0. The maximum Gasteiger partial charge on any atom is 0.179 e. The lowest BCUT2D eigenvalue weighted by Crippen LogP contribution is -1.93. The predicted octanol–water partition coefficient (Wildman–Crippen LogP) is 2.61. The van der Waals surface area contributed by atoms with E-state index < -0.39 is 0 Å². The molecule has 0 spiro atoms. The zero-order valence-corrected chi connectivity index (χ0v) is 9.26. The van der Waals surface area contributed by atoms with Gasteiger partial charge < -0.3 is 0 Å². The molecular weight excluding hydrogens is 243 g/mol. The zero-order valence-electron chi connectivity index (χ0n) is 8.51. The largest absolute Gasteiger partial charge is 0.240 e. The summed E-state index contributed by atoms with van der Waals surface area (Å²) < 4.78 is 14.4. The average molecular weight is 249 g/mol. The molecule has 0 N–H and O–H groups in total. The molecule has 3 rings (SSSR count). The van der Waals surface area contributed by atoms with E-state index in [0.717, 1.165) is 11.1 Å². The van der Waals surface area contributed by atoms with Gasteiger partial charge in [0.25, 0.3) is 0 Å². The Morgan fingerprint density at radius 1 is 1.18 bits per heavy atom. The van der Waals surface area contributed by atoms with E-state index in [2.05, 4.69) is 15.3 Å². The highest BCUT2D eigenvalue weighted by Crippen LogP contribution is 2.19. The van der Waals surface area contributed by atoms with Crippen LogP contribution in [0.2, 0.25) is 5.15 Å². The number of benzene rings is 1. The summed E-state index contributed by atoms with van der Waals surface area (Å²) in [6, 6.07) is 6.02. The molecule has 0 amide bonds. The zero-order chi connectivity index (χ0) is 11.8. The number of fused-ring (bicyclic) bond motifs is 1. The van der Waals surface area contributed by atoms with Crippen molar-refractivity contribution < 1.29 is 4.39 Å². The van der Waals surface area contributed by atoms with Gasteiger partial charge >= 0.3 is 0 Å². The van der Waals surface area contributed by atoms with Gasteiger partial charge in [0.05, 0.1) is 11.9 Å². The summed E-state index contributed by atoms with van der Waals surface area (Å²) in [5.41, 5.74) is 1.32. The first-order valence-electron chi connectivity index (χ1n) is 4.86. The van der Waals surface area contributed by atoms with Gasteiger partial charge in [0.2, 0.25) is 0 Å². The number of rotatable bonds is 1. The van der Waals surface area contributed by atoms with E-state index >= 15 is 0 Å². The summed E-state index contributed by atoms with van der Waals surface area (Å²) in [5, 5.41) is 12.8. The summed E-state index contributed by atoms with van der Waals surface area (Å²) >= 11 is 5.87. The second-order valence-electron chi connectivity index (χ2n) is 3.49. The Balaban J connectivity index is 2.18. The normalized spacial score (nSPS) is 10.9. The van der Waals surface area contributed by atoms with E-state index in [-0.39, 0.29) is 11.0 Å². The highest BCUT2D eigenvalue weighted by Gasteiger charge is 2.07. The van der Waals surface area contributed by atoms with Gasteiger partial charge in [-0.05, 0) is 24.3 Å². The molecule has 0 aliphatic heterocycles. The lowest BCUT2D eigenvalue weighted by Gasteiger charge is -1.99. The van der Waals surface area contributed by atoms with Gasteiger partial charge in [-0.15, -0.1) is 5.10 Å². The molecule has 0 radical (unpaired) electrons. The van der Waals surface area contributed by atoms with Crippen molar-refractivity contribution in [3.63, 3.8) is 0 Å². The molecule has 84 valence electrons. The Bertz CT molecular complexity index is 678. The number of halogens is 2. The molecule has 3 aromatic rings. The summed E-state index contributed by atoms with van der Waals surface area (Å²) in [7, 11) is 0. The highest BCUT2D eigenvalue weighted by molar-refractivity contribution is 6.33. The second kappa shape index (κ2) is 3.78. The van der Waals surface area contributed by atoms with E-state index in [1.54, 1.807) is 29.2 Å². The van der Waals surface area contributed by atoms with Crippen LogP contribution in [0.5, 0.6) is 0 Å². The van der Waals surface area contributed by atoms with Crippen LogP contribution in [0.3, 0.4) is 0 Å². The molecule has 0 aliphatic rings. The maximum absolute atomic E-state index is 12.8. The van der Waals surface area contributed by atoms with Crippen molar-refractivity contribution in [3.8, 4) is 5.69 Å². The first-order valence-corrected chi connectivity index (χ1v) is 5.24. The molecule has 1 aromatic carbocycles. The second-order valence-corrected chi connectivity index (χ2v) is 3.85. The Hall–Kier alpha value is -2.01. The lowest BCUT2D eigenvalue weighted by atomic mass is 10.3. The van der Waals surface area contributed by atoms with E-state index in [4.69, 9.17) is 11.6 Å². The van der Waals surface area contributed by atoms with Gasteiger partial charge in [-0.3, -0.25) is 0 Å². The van der Waals surface area contributed by atoms with Gasteiger partial charge in [-0.25, -0.2) is 9.07 Å². The SMILES string of the molecule is Fc1ccc(-n2cc3cnnc(Cl)c3n2)cc1. The monoisotopic (exact) mass is 248 g/mol. The third-order valence-corrected chi connectivity index (χ3v) is 2.63. The van der Waals surface area contributed by atoms with Crippen LogP contribution in [0.15, 0.2) is 36.7 Å². The van der Waals surface area contributed by atoms with Crippen LogP contribution in [-0.2, 0) is 0 Å². The van der Waals surface area contributed by atoms with E-state index in [9.17, 15) is 4.39 Å². The minimum Gasteiger partial charge on any atom is -0.240 e. The van der Waals surface area contributed by atoms with Crippen LogP contribution < -0.4 is 0 Å². The molecule has 4 nitrogen and oxygen atoms in total. The number of aromatic nitrogens is 4. The van der Waals surface area contributed by atoms with Gasteiger partial charge in [-0.1, -0.05) is 11.6 Å². The molecule has 0 atom stereocenters. The molecule has 17 heavy (non-hydrogen) atoms. The van der Waals surface area contributed by atoms with Crippen LogP contribution in [0, 0.1) is 5.82 Å². The van der Waals surface area contributed by atoms with Crippen molar-refractivity contribution in [2.45, 2.75) is 0 Å². The molecule has 0 bridgehead atoms. The number of nitrogens with zero attached hydrogens (tertiary/aromatic N) is 4. The first-order chi connectivity index (χ1) is 8.24. The molecule has 0 unspecified atom stereocenters. The third-order valence-electron chi connectivity index (χ3n) is 2.37. The van der Waals surface area contributed by atoms with Gasteiger partial charge in [0.15, 0.2) is 5.15 Å².